The number of likely N-dealkylation sites (N-methyl/N-ethyl adjacent to an activating group) is 1. The lowest BCUT2D eigenvalue weighted by atomic mass is 10.3. The third kappa shape index (κ3) is 4.56. The summed E-state index contributed by atoms with van der Waals surface area (Å²) in [5.41, 5.74) is 1.14. The predicted molar refractivity (Wildman–Crippen MR) is 69.9 cm³/mol. The molecule has 16 heavy (non-hydrogen) atoms. The summed E-state index contributed by atoms with van der Waals surface area (Å²) in [5, 5.41) is 4.25. The van der Waals surface area contributed by atoms with Gasteiger partial charge in [0.2, 0.25) is 0 Å². The van der Waals surface area contributed by atoms with Crippen LogP contribution < -0.4 is 5.32 Å². The summed E-state index contributed by atoms with van der Waals surface area (Å²) in [7, 11) is 0. The van der Waals surface area contributed by atoms with Crippen molar-refractivity contribution in [2.75, 3.05) is 19.6 Å². The van der Waals surface area contributed by atoms with Gasteiger partial charge in [-0.05, 0) is 26.1 Å². The first-order valence-corrected chi connectivity index (χ1v) is 6.32. The molecular formula is C12H22ClN3. The minimum absolute atomic E-state index is 0.488. The molecule has 0 bridgehead atoms. The number of aromatic amines is 1. The largest absolute Gasteiger partial charge is 0.363 e. The summed E-state index contributed by atoms with van der Waals surface area (Å²) in [4.78, 5) is 5.55. The van der Waals surface area contributed by atoms with Gasteiger partial charge in [-0.1, -0.05) is 25.4 Å². The van der Waals surface area contributed by atoms with Gasteiger partial charge in [0.05, 0.1) is 5.02 Å². The Kier molecular flexibility index (Phi) is 5.88. The molecule has 0 fully saturated rings. The highest BCUT2D eigenvalue weighted by atomic mass is 35.5. The Labute approximate surface area is 103 Å². The van der Waals surface area contributed by atoms with Crippen LogP contribution in [0.4, 0.5) is 0 Å². The first-order valence-electron chi connectivity index (χ1n) is 5.94. The highest BCUT2D eigenvalue weighted by Gasteiger charge is 2.06. The molecule has 92 valence electrons. The van der Waals surface area contributed by atoms with Crippen molar-refractivity contribution in [3.8, 4) is 0 Å². The number of aromatic nitrogens is 1. The molecule has 1 aromatic rings. The van der Waals surface area contributed by atoms with Crippen LogP contribution in [0.1, 0.15) is 26.5 Å². The molecule has 1 rings (SSSR count). The van der Waals surface area contributed by atoms with E-state index in [1.54, 1.807) is 0 Å². The Morgan fingerprint density at radius 2 is 2.12 bits per heavy atom. The predicted octanol–water partition coefficient (Wildman–Crippen LogP) is 2.49. The molecule has 0 radical (unpaired) electrons. The molecule has 1 aromatic heterocycles. The Hall–Kier alpha value is -0.510. The molecule has 0 aliphatic heterocycles. The van der Waals surface area contributed by atoms with Gasteiger partial charge >= 0.3 is 0 Å². The van der Waals surface area contributed by atoms with Gasteiger partial charge in [0.15, 0.2) is 0 Å². The molecule has 0 amide bonds. The Morgan fingerprint density at radius 3 is 2.62 bits per heavy atom. The van der Waals surface area contributed by atoms with Crippen molar-refractivity contribution >= 4 is 11.6 Å². The van der Waals surface area contributed by atoms with E-state index in [-0.39, 0.29) is 0 Å². The topological polar surface area (TPSA) is 31.1 Å². The van der Waals surface area contributed by atoms with E-state index in [0.717, 1.165) is 36.9 Å². The summed E-state index contributed by atoms with van der Waals surface area (Å²) in [6.07, 6.45) is 1.81. The minimum atomic E-state index is 0.488. The Balaban J connectivity index is 2.26. The fourth-order valence-corrected chi connectivity index (χ4v) is 1.92. The second-order valence-corrected chi connectivity index (χ2v) is 4.55. The summed E-state index contributed by atoms with van der Waals surface area (Å²) in [6, 6.07) is 2.44. The number of nitrogens with zero attached hydrogens (tertiary/aromatic N) is 1. The van der Waals surface area contributed by atoms with Crippen molar-refractivity contribution in [3.63, 3.8) is 0 Å². The van der Waals surface area contributed by atoms with Gasteiger partial charge in [0, 0.05) is 31.0 Å². The number of nitrogens with one attached hydrogen (secondary N) is 2. The average Bonchev–Trinajstić information content (AvgIpc) is 2.69. The maximum atomic E-state index is 5.84. The second kappa shape index (κ2) is 6.94. The molecule has 4 heteroatoms. The second-order valence-electron chi connectivity index (χ2n) is 4.11. The molecule has 1 atom stereocenters. The fourth-order valence-electron chi connectivity index (χ4n) is 1.73. The number of hydrogen-bond donors (Lipinski definition) is 2. The molecule has 2 N–H and O–H groups in total. The summed E-state index contributed by atoms with van der Waals surface area (Å²) in [5.74, 6) is 0. The number of H-pyrrole nitrogens is 1. The zero-order chi connectivity index (χ0) is 12.0. The molecule has 0 spiro atoms. The van der Waals surface area contributed by atoms with E-state index in [0.29, 0.717) is 6.04 Å². The van der Waals surface area contributed by atoms with E-state index in [1.807, 2.05) is 12.3 Å². The van der Waals surface area contributed by atoms with Gasteiger partial charge in [0.25, 0.3) is 0 Å². The van der Waals surface area contributed by atoms with Crippen LogP contribution in [0.3, 0.4) is 0 Å². The van der Waals surface area contributed by atoms with Gasteiger partial charge in [-0.2, -0.15) is 0 Å². The van der Waals surface area contributed by atoms with Crippen LogP contribution in [0, 0.1) is 0 Å². The SMILES string of the molecule is CCN(CC)CC(C)NCc1cc(Cl)c[nH]1. The number of hydrogen-bond acceptors (Lipinski definition) is 2. The van der Waals surface area contributed by atoms with Crippen LogP contribution in [0.25, 0.3) is 0 Å². The van der Waals surface area contributed by atoms with Gasteiger partial charge in [-0.3, -0.25) is 0 Å². The molecule has 0 aliphatic carbocycles. The van der Waals surface area contributed by atoms with E-state index >= 15 is 0 Å². The van der Waals surface area contributed by atoms with Gasteiger partial charge < -0.3 is 15.2 Å². The zero-order valence-electron chi connectivity index (χ0n) is 10.4. The maximum Gasteiger partial charge on any atom is 0.0583 e. The molecular weight excluding hydrogens is 222 g/mol. The van der Waals surface area contributed by atoms with Crippen LogP contribution in [0.15, 0.2) is 12.3 Å². The molecule has 1 unspecified atom stereocenters. The third-order valence-corrected chi connectivity index (χ3v) is 2.99. The van der Waals surface area contributed by atoms with Crippen LogP contribution >= 0.6 is 11.6 Å². The van der Waals surface area contributed by atoms with Crippen molar-refractivity contribution in [1.82, 2.24) is 15.2 Å². The minimum Gasteiger partial charge on any atom is -0.363 e. The molecule has 0 aliphatic rings. The van der Waals surface area contributed by atoms with Crippen molar-refractivity contribution in [2.24, 2.45) is 0 Å². The lowest BCUT2D eigenvalue weighted by molar-refractivity contribution is 0.270. The van der Waals surface area contributed by atoms with Crippen LogP contribution in [-0.2, 0) is 6.54 Å². The molecule has 0 saturated carbocycles. The lowest BCUT2D eigenvalue weighted by Crippen LogP contribution is -2.38. The standard InChI is InChI=1S/C12H22ClN3/c1-4-16(5-2)9-10(3)14-8-12-6-11(13)7-15-12/h6-7,10,14-15H,4-5,8-9H2,1-3H3. The first kappa shape index (κ1) is 13.6. The summed E-state index contributed by atoms with van der Waals surface area (Å²) >= 11 is 5.84. The molecule has 3 nitrogen and oxygen atoms in total. The van der Waals surface area contributed by atoms with Crippen LogP contribution in [-0.4, -0.2) is 35.6 Å². The zero-order valence-corrected chi connectivity index (χ0v) is 11.1. The van der Waals surface area contributed by atoms with E-state index in [1.165, 1.54) is 0 Å². The fraction of sp³-hybridized carbons (Fsp3) is 0.667. The van der Waals surface area contributed by atoms with E-state index < -0.39 is 0 Å². The normalized spacial score (nSPS) is 13.3. The third-order valence-electron chi connectivity index (χ3n) is 2.78. The molecule has 0 saturated heterocycles. The van der Waals surface area contributed by atoms with Crippen LogP contribution in [0.2, 0.25) is 5.02 Å². The van der Waals surface area contributed by atoms with E-state index in [9.17, 15) is 0 Å². The Bertz CT molecular complexity index is 294. The molecule has 1 heterocycles. The Morgan fingerprint density at radius 1 is 1.44 bits per heavy atom. The van der Waals surface area contributed by atoms with E-state index in [4.69, 9.17) is 11.6 Å². The quantitative estimate of drug-likeness (QED) is 0.771. The maximum absolute atomic E-state index is 5.84. The summed E-state index contributed by atoms with van der Waals surface area (Å²) < 4.78 is 0. The summed E-state index contributed by atoms with van der Waals surface area (Å²) in [6.45, 7) is 10.7. The van der Waals surface area contributed by atoms with Gasteiger partial charge in [-0.15, -0.1) is 0 Å². The smallest absolute Gasteiger partial charge is 0.0583 e. The molecule has 0 aromatic carbocycles. The van der Waals surface area contributed by atoms with E-state index in [2.05, 4.69) is 36.0 Å². The van der Waals surface area contributed by atoms with Crippen molar-refractivity contribution in [3.05, 3.63) is 23.0 Å². The first-order chi connectivity index (χ1) is 7.65. The van der Waals surface area contributed by atoms with Crippen molar-refractivity contribution in [1.29, 1.82) is 0 Å². The number of halogens is 1. The average molecular weight is 244 g/mol. The van der Waals surface area contributed by atoms with Gasteiger partial charge in [0.1, 0.15) is 0 Å². The monoisotopic (exact) mass is 243 g/mol. The van der Waals surface area contributed by atoms with Gasteiger partial charge in [-0.25, -0.2) is 0 Å². The number of rotatable bonds is 7. The highest BCUT2D eigenvalue weighted by Crippen LogP contribution is 2.09. The van der Waals surface area contributed by atoms with Crippen LogP contribution in [0.5, 0.6) is 0 Å². The highest BCUT2D eigenvalue weighted by molar-refractivity contribution is 6.30. The lowest BCUT2D eigenvalue weighted by Gasteiger charge is -2.23. The van der Waals surface area contributed by atoms with Crippen molar-refractivity contribution < 1.29 is 0 Å². The van der Waals surface area contributed by atoms with Crippen molar-refractivity contribution in [2.45, 2.75) is 33.4 Å².